The van der Waals surface area contributed by atoms with Crippen LogP contribution in [0.15, 0.2) is 83.9 Å². The summed E-state index contributed by atoms with van der Waals surface area (Å²) >= 11 is 6.09. The quantitative estimate of drug-likeness (QED) is 0.475. The first-order valence-corrected chi connectivity index (χ1v) is 10.7. The SMILES string of the molecule is Cc1ccc(S(=O)(=O)NC(c2ccccc2)c2c[nH]c3cc(Cl)ccc23)cc1. The van der Waals surface area contributed by atoms with Crippen LogP contribution in [0, 0.1) is 6.92 Å². The Hall–Kier alpha value is -2.60. The third kappa shape index (κ3) is 3.69. The van der Waals surface area contributed by atoms with Crippen LogP contribution < -0.4 is 4.72 Å². The van der Waals surface area contributed by atoms with Crippen LogP contribution in [-0.2, 0) is 10.0 Å². The fourth-order valence-corrected chi connectivity index (χ4v) is 4.63. The van der Waals surface area contributed by atoms with Gasteiger partial charge < -0.3 is 4.98 Å². The average molecular weight is 411 g/mol. The maximum absolute atomic E-state index is 13.1. The number of fused-ring (bicyclic) bond motifs is 1. The number of sulfonamides is 1. The van der Waals surface area contributed by atoms with Crippen molar-refractivity contribution in [3.63, 3.8) is 0 Å². The maximum Gasteiger partial charge on any atom is 0.241 e. The third-order valence-electron chi connectivity index (χ3n) is 4.72. The Morgan fingerprint density at radius 1 is 0.964 bits per heavy atom. The van der Waals surface area contributed by atoms with Crippen molar-refractivity contribution in [1.82, 2.24) is 9.71 Å². The van der Waals surface area contributed by atoms with E-state index in [1.54, 1.807) is 30.3 Å². The molecule has 3 aromatic carbocycles. The summed E-state index contributed by atoms with van der Waals surface area (Å²) in [5.41, 5.74) is 3.56. The summed E-state index contributed by atoms with van der Waals surface area (Å²) in [5, 5.41) is 1.54. The predicted octanol–water partition coefficient (Wildman–Crippen LogP) is 5.20. The van der Waals surface area contributed by atoms with Crippen molar-refractivity contribution >= 4 is 32.5 Å². The van der Waals surface area contributed by atoms with Gasteiger partial charge in [0.1, 0.15) is 0 Å². The van der Waals surface area contributed by atoms with Crippen molar-refractivity contribution in [2.24, 2.45) is 0 Å². The van der Waals surface area contributed by atoms with Gasteiger partial charge in [-0.25, -0.2) is 8.42 Å². The minimum atomic E-state index is -3.72. The molecule has 6 heteroatoms. The van der Waals surface area contributed by atoms with E-state index >= 15 is 0 Å². The van der Waals surface area contributed by atoms with Crippen LogP contribution in [0.4, 0.5) is 0 Å². The van der Waals surface area contributed by atoms with E-state index < -0.39 is 16.1 Å². The van der Waals surface area contributed by atoms with Gasteiger partial charge in [0.05, 0.1) is 10.9 Å². The van der Waals surface area contributed by atoms with Gasteiger partial charge in [-0.1, -0.05) is 65.7 Å². The number of hydrogen-bond donors (Lipinski definition) is 2. The summed E-state index contributed by atoms with van der Waals surface area (Å²) in [4.78, 5) is 3.43. The molecular weight excluding hydrogens is 392 g/mol. The monoisotopic (exact) mass is 410 g/mol. The van der Waals surface area contributed by atoms with E-state index in [9.17, 15) is 8.42 Å². The number of nitrogens with one attached hydrogen (secondary N) is 2. The third-order valence-corrected chi connectivity index (χ3v) is 6.40. The van der Waals surface area contributed by atoms with Gasteiger partial charge in [0.2, 0.25) is 10.0 Å². The van der Waals surface area contributed by atoms with Crippen LogP contribution in [0.5, 0.6) is 0 Å². The molecule has 0 aliphatic carbocycles. The number of hydrogen-bond acceptors (Lipinski definition) is 2. The molecule has 1 unspecified atom stereocenters. The first-order chi connectivity index (χ1) is 13.4. The number of aryl methyl sites for hydroxylation is 1. The van der Waals surface area contributed by atoms with E-state index in [2.05, 4.69) is 9.71 Å². The van der Waals surface area contributed by atoms with Gasteiger partial charge in [-0.05, 0) is 42.3 Å². The molecule has 0 saturated heterocycles. The molecule has 0 fully saturated rings. The molecule has 142 valence electrons. The van der Waals surface area contributed by atoms with Crippen molar-refractivity contribution in [3.8, 4) is 0 Å². The zero-order chi connectivity index (χ0) is 19.7. The van der Waals surface area contributed by atoms with Crippen molar-refractivity contribution in [1.29, 1.82) is 0 Å². The molecule has 4 aromatic rings. The van der Waals surface area contributed by atoms with Crippen LogP contribution in [0.2, 0.25) is 5.02 Å². The Morgan fingerprint density at radius 2 is 1.68 bits per heavy atom. The van der Waals surface area contributed by atoms with Gasteiger partial charge >= 0.3 is 0 Å². The molecule has 0 bridgehead atoms. The zero-order valence-electron chi connectivity index (χ0n) is 15.2. The summed E-state index contributed by atoms with van der Waals surface area (Å²) < 4.78 is 29.0. The molecule has 1 aromatic heterocycles. The average Bonchev–Trinajstić information content (AvgIpc) is 3.10. The second-order valence-corrected chi connectivity index (χ2v) is 8.86. The Kier molecular flexibility index (Phi) is 4.98. The number of benzene rings is 3. The Morgan fingerprint density at radius 3 is 2.39 bits per heavy atom. The minimum Gasteiger partial charge on any atom is -0.361 e. The number of aromatic amines is 1. The molecular formula is C22H19ClN2O2S. The molecule has 0 radical (unpaired) electrons. The number of halogens is 1. The molecule has 0 saturated carbocycles. The Labute approximate surface area is 169 Å². The van der Waals surface area contributed by atoms with E-state index in [1.165, 1.54) is 0 Å². The molecule has 0 amide bonds. The molecule has 28 heavy (non-hydrogen) atoms. The second kappa shape index (κ2) is 7.43. The lowest BCUT2D eigenvalue weighted by atomic mass is 9.99. The highest BCUT2D eigenvalue weighted by Crippen LogP contribution is 2.31. The largest absolute Gasteiger partial charge is 0.361 e. The Bertz CT molecular complexity index is 1220. The van der Waals surface area contributed by atoms with Crippen LogP contribution in [-0.4, -0.2) is 13.4 Å². The molecule has 4 nitrogen and oxygen atoms in total. The van der Waals surface area contributed by atoms with Crippen LogP contribution in [0.1, 0.15) is 22.7 Å². The topological polar surface area (TPSA) is 62.0 Å². The fourth-order valence-electron chi connectivity index (χ4n) is 3.26. The van der Waals surface area contributed by atoms with Crippen LogP contribution >= 0.6 is 11.6 Å². The van der Waals surface area contributed by atoms with Gasteiger partial charge in [0, 0.05) is 22.1 Å². The minimum absolute atomic E-state index is 0.238. The number of rotatable bonds is 5. The maximum atomic E-state index is 13.1. The lowest BCUT2D eigenvalue weighted by Gasteiger charge is -2.19. The molecule has 2 N–H and O–H groups in total. The Balaban J connectivity index is 1.81. The molecule has 4 rings (SSSR count). The second-order valence-electron chi connectivity index (χ2n) is 6.71. The summed E-state index contributed by atoms with van der Waals surface area (Å²) in [5.74, 6) is 0. The first kappa shape index (κ1) is 18.7. The smallest absolute Gasteiger partial charge is 0.241 e. The zero-order valence-corrected chi connectivity index (χ0v) is 16.8. The molecule has 0 aliphatic rings. The lowest BCUT2D eigenvalue weighted by molar-refractivity contribution is 0.572. The number of aromatic nitrogens is 1. The van der Waals surface area contributed by atoms with Crippen LogP contribution in [0.25, 0.3) is 10.9 Å². The predicted molar refractivity (Wildman–Crippen MR) is 113 cm³/mol. The first-order valence-electron chi connectivity index (χ1n) is 8.84. The molecule has 0 spiro atoms. The van der Waals surface area contributed by atoms with E-state index in [0.29, 0.717) is 5.02 Å². The highest BCUT2D eigenvalue weighted by molar-refractivity contribution is 7.89. The molecule has 0 aliphatic heterocycles. The standard InChI is InChI=1S/C22H19ClN2O2S/c1-15-7-10-18(11-8-15)28(26,27)25-22(16-5-3-2-4-6-16)20-14-24-21-13-17(23)9-12-19(20)21/h2-14,22,24-25H,1H3. The lowest BCUT2D eigenvalue weighted by Crippen LogP contribution is -2.29. The van der Waals surface area contributed by atoms with Gasteiger partial charge in [0.25, 0.3) is 0 Å². The highest BCUT2D eigenvalue weighted by atomic mass is 35.5. The van der Waals surface area contributed by atoms with E-state index in [0.717, 1.165) is 27.6 Å². The van der Waals surface area contributed by atoms with Gasteiger partial charge in [0.15, 0.2) is 0 Å². The molecule has 1 heterocycles. The summed E-state index contributed by atoms with van der Waals surface area (Å²) in [6, 6.07) is 21.3. The van der Waals surface area contributed by atoms with Gasteiger partial charge in [-0.15, -0.1) is 0 Å². The normalized spacial score (nSPS) is 12.9. The van der Waals surface area contributed by atoms with E-state index in [1.807, 2.05) is 55.6 Å². The molecule has 1 atom stereocenters. The summed E-state index contributed by atoms with van der Waals surface area (Å²) in [7, 11) is -3.72. The van der Waals surface area contributed by atoms with Crippen molar-refractivity contribution in [3.05, 3.63) is 101 Å². The number of H-pyrrole nitrogens is 1. The van der Waals surface area contributed by atoms with Crippen molar-refractivity contribution < 1.29 is 8.42 Å². The highest BCUT2D eigenvalue weighted by Gasteiger charge is 2.25. The van der Waals surface area contributed by atoms with Gasteiger partial charge in [-0.2, -0.15) is 4.72 Å². The van der Waals surface area contributed by atoms with Crippen molar-refractivity contribution in [2.45, 2.75) is 17.9 Å². The van der Waals surface area contributed by atoms with E-state index in [-0.39, 0.29) is 4.90 Å². The van der Waals surface area contributed by atoms with Crippen LogP contribution in [0.3, 0.4) is 0 Å². The summed E-state index contributed by atoms with van der Waals surface area (Å²) in [6.07, 6.45) is 1.83. The van der Waals surface area contributed by atoms with E-state index in [4.69, 9.17) is 11.6 Å². The fraction of sp³-hybridized carbons (Fsp3) is 0.0909. The summed E-state index contributed by atoms with van der Waals surface area (Å²) in [6.45, 7) is 1.92. The van der Waals surface area contributed by atoms with Gasteiger partial charge in [-0.3, -0.25) is 0 Å². The van der Waals surface area contributed by atoms with Crippen molar-refractivity contribution in [2.75, 3.05) is 0 Å².